The molecule has 0 aliphatic heterocycles. The quantitative estimate of drug-likeness (QED) is 0.740. The number of carbonyl (C=O) groups excluding carboxylic acids is 1. The molecule has 18 heavy (non-hydrogen) atoms. The molecule has 0 aromatic carbocycles. The summed E-state index contributed by atoms with van der Waals surface area (Å²) in [5.74, 6) is 0.0387. The number of amides is 1. The number of hydrogen-bond acceptors (Lipinski definition) is 4. The molecule has 0 spiro atoms. The van der Waals surface area contributed by atoms with Crippen LogP contribution >= 0.6 is 12.4 Å². The van der Waals surface area contributed by atoms with Gasteiger partial charge in [0.1, 0.15) is 9.84 Å². The SMILES string of the molecule is CC(C)[C@H](N)C(=O)NCC1(CS(C)(=O)=O)CC1.Cl. The van der Waals surface area contributed by atoms with Crippen molar-refractivity contribution in [1.29, 1.82) is 0 Å². The van der Waals surface area contributed by atoms with Crippen LogP contribution in [0.1, 0.15) is 26.7 Å². The number of nitrogens with two attached hydrogens (primary N) is 1. The molecule has 1 aliphatic rings. The lowest BCUT2D eigenvalue weighted by atomic mass is 10.0. The number of rotatable bonds is 6. The van der Waals surface area contributed by atoms with E-state index in [1.807, 2.05) is 13.8 Å². The third kappa shape index (κ3) is 5.54. The van der Waals surface area contributed by atoms with Gasteiger partial charge in [-0.2, -0.15) is 0 Å². The first-order valence-corrected chi connectivity index (χ1v) is 7.92. The van der Waals surface area contributed by atoms with Crippen LogP contribution in [-0.4, -0.2) is 38.9 Å². The van der Waals surface area contributed by atoms with Gasteiger partial charge in [-0.1, -0.05) is 13.8 Å². The summed E-state index contributed by atoms with van der Waals surface area (Å²) in [6, 6.07) is -0.524. The van der Waals surface area contributed by atoms with Crippen LogP contribution in [0, 0.1) is 11.3 Å². The van der Waals surface area contributed by atoms with Gasteiger partial charge in [0, 0.05) is 18.2 Å². The van der Waals surface area contributed by atoms with Crippen molar-refractivity contribution in [2.75, 3.05) is 18.6 Å². The van der Waals surface area contributed by atoms with Gasteiger partial charge in [-0.25, -0.2) is 8.42 Å². The van der Waals surface area contributed by atoms with Gasteiger partial charge in [0.25, 0.3) is 0 Å². The summed E-state index contributed by atoms with van der Waals surface area (Å²) in [7, 11) is -2.99. The standard InChI is InChI=1S/C11H22N2O3S.ClH/c1-8(2)9(12)10(14)13-6-11(4-5-11)7-17(3,15)16;/h8-9H,4-7,12H2,1-3H3,(H,13,14);1H/t9-;/m0./s1. The van der Waals surface area contributed by atoms with Crippen molar-refractivity contribution in [2.24, 2.45) is 17.1 Å². The largest absolute Gasteiger partial charge is 0.354 e. The number of nitrogens with one attached hydrogen (secondary N) is 1. The number of carbonyl (C=O) groups is 1. The molecule has 1 fully saturated rings. The number of halogens is 1. The Hall–Kier alpha value is -0.330. The van der Waals surface area contributed by atoms with Gasteiger partial charge in [-0.15, -0.1) is 12.4 Å². The van der Waals surface area contributed by atoms with Crippen molar-refractivity contribution < 1.29 is 13.2 Å². The molecule has 7 heteroatoms. The minimum Gasteiger partial charge on any atom is -0.354 e. The number of sulfone groups is 1. The zero-order chi connectivity index (χ0) is 13.3. The lowest BCUT2D eigenvalue weighted by Crippen LogP contribution is -2.46. The summed E-state index contributed by atoms with van der Waals surface area (Å²) in [5, 5.41) is 2.76. The average Bonchev–Trinajstić information content (AvgIpc) is 2.90. The molecule has 5 nitrogen and oxygen atoms in total. The van der Waals surface area contributed by atoms with E-state index in [0.717, 1.165) is 12.8 Å². The van der Waals surface area contributed by atoms with E-state index in [1.165, 1.54) is 6.26 Å². The van der Waals surface area contributed by atoms with E-state index in [4.69, 9.17) is 5.73 Å². The van der Waals surface area contributed by atoms with Crippen molar-refractivity contribution in [2.45, 2.75) is 32.7 Å². The van der Waals surface area contributed by atoms with Crippen molar-refractivity contribution in [3.8, 4) is 0 Å². The normalized spacial score (nSPS) is 18.9. The summed E-state index contributed by atoms with van der Waals surface area (Å²) in [5.41, 5.74) is 5.47. The van der Waals surface area contributed by atoms with Crippen molar-refractivity contribution >= 4 is 28.2 Å². The molecule has 1 rings (SSSR count). The molecule has 3 N–H and O–H groups in total. The van der Waals surface area contributed by atoms with Gasteiger partial charge >= 0.3 is 0 Å². The van der Waals surface area contributed by atoms with E-state index in [-0.39, 0.29) is 35.4 Å². The zero-order valence-corrected chi connectivity index (χ0v) is 12.7. The van der Waals surface area contributed by atoms with Crippen molar-refractivity contribution in [3.63, 3.8) is 0 Å². The molecule has 0 radical (unpaired) electrons. The molecule has 1 saturated carbocycles. The van der Waals surface area contributed by atoms with E-state index in [0.29, 0.717) is 6.54 Å². The minimum atomic E-state index is -2.99. The summed E-state index contributed by atoms with van der Waals surface area (Å²) in [6.07, 6.45) is 2.95. The smallest absolute Gasteiger partial charge is 0.237 e. The van der Waals surface area contributed by atoms with Crippen LogP contribution in [0.25, 0.3) is 0 Å². The Morgan fingerprint density at radius 3 is 2.22 bits per heavy atom. The van der Waals surface area contributed by atoms with Crippen LogP contribution in [-0.2, 0) is 14.6 Å². The highest BCUT2D eigenvalue weighted by Gasteiger charge is 2.45. The fraction of sp³-hybridized carbons (Fsp3) is 0.909. The first kappa shape index (κ1) is 17.7. The maximum Gasteiger partial charge on any atom is 0.237 e. The van der Waals surface area contributed by atoms with Gasteiger partial charge in [0.05, 0.1) is 11.8 Å². The molecule has 0 aromatic rings. The van der Waals surface area contributed by atoms with E-state index < -0.39 is 15.9 Å². The van der Waals surface area contributed by atoms with E-state index in [9.17, 15) is 13.2 Å². The Bertz CT molecular complexity index is 391. The van der Waals surface area contributed by atoms with Gasteiger partial charge < -0.3 is 11.1 Å². The van der Waals surface area contributed by atoms with Gasteiger partial charge in [-0.3, -0.25) is 4.79 Å². The van der Waals surface area contributed by atoms with E-state index in [1.54, 1.807) is 0 Å². The third-order valence-electron chi connectivity index (χ3n) is 3.18. The Morgan fingerprint density at radius 2 is 1.89 bits per heavy atom. The van der Waals surface area contributed by atoms with Crippen LogP contribution in [0.2, 0.25) is 0 Å². The Labute approximate surface area is 115 Å². The fourth-order valence-electron chi connectivity index (χ4n) is 1.80. The highest BCUT2D eigenvalue weighted by molar-refractivity contribution is 7.90. The molecule has 1 amide bonds. The Morgan fingerprint density at radius 1 is 1.39 bits per heavy atom. The zero-order valence-electron chi connectivity index (χ0n) is 11.1. The average molecular weight is 299 g/mol. The predicted molar refractivity (Wildman–Crippen MR) is 74.4 cm³/mol. The molecule has 0 unspecified atom stereocenters. The lowest BCUT2D eigenvalue weighted by molar-refractivity contribution is -0.123. The molecule has 0 aromatic heterocycles. The molecular formula is C11H23ClN2O3S. The molecule has 1 aliphatic carbocycles. The molecule has 0 saturated heterocycles. The fourth-order valence-corrected chi connectivity index (χ4v) is 3.30. The first-order valence-electron chi connectivity index (χ1n) is 5.86. The summed E-state index contributed by atoms with van der Waals surface area (Å²) < 4.78 is 22.5. The van der Waals surface area contributed by atoms with Gasteiger partial charge in [0.2, 0.25) is 5.91 Å². The highest BCUT2D eigenvalue weighted by Crippen LogP contribution is 2.46. The molecule has 0 bridgehead atoms. The Kier molecular flexibility index (Phi) is 6.10. The Balaban J connectivity index is 0.00000289. The van der Waals surface area contributed by atoms with Gasteiger partial charge in [-0.05, 0) is 18.8 Å². The molecule has 0 heterocycles. The second-order valence-corrected chi connectivity index (χ2v) is 7.70. The summed E-state index contributed by atoms with van der Waals surface area (Å²) in [4.78, 5) is 11.6. The third-order valence-corrected chi connectivity index (χ3v) is 4.32. The second-order valence-electron chi connectivity index (χ2n) is 5.56. The monoisotopic (exact) mass is 298 g/mol. The van der Waals surface area contributed by atoms with E-state index in [2.05, 4.69) is 5.32 Å². The minimum absolute atomic E-state index is 0. The second kappa shape index (κ2) is 6.21. The van der Waals surface area contributed by atoms with Crippen LogP contribution < -0.4 is 11.1 Å². The van der Waals surface area contributed by atoms with Crippen molar-refractivity contribution in [1.82, 2.24) is 5.32 Å². The van der Waals surface area contributed by atoms with Crippen LogP contribution in [0.5, 0.6) is 0 Å². The van der Waals surface area contributed by atoms with Crippen molar-refractivity contribution in [3.05, 3.63) is 0 Å². The molecular weight excluding hydrogens is 276 g/mol. The number of hydrogen-bond donors (Lipinski definition) is 2. The maximum atomic E-state index is 11.6. The molecule has 108 valence electrons. The van der Waals surface area contributed by atoms with Crippen LogP contribution in [0.3, 0.4) is 0 Å². The van der Waals surface area contributed by atoms with E-state index >= 15 is 0 Å². The lowest BCUT2D eigenvalue weighted by Gasteiger charge is -2.19. The predicted octanol–water partition coefficient (Wildman–Crippen LogP) is 0.333. The van der Waals surface area contributed by atoms with Crippen LogP contribution in [0.15, 0.2) is 0 Å². The highest BCUT2D eigenvalue weighted by atomic mass is 35.5. The van der Waals surface area contributed by atoms with Crippen LogP contribution in [0.4, 0.5) is 0 Å². The molecule has 1 atom stereocenters. The van der Waals surface area contributed by atoms with Gasteiger partial charge in [0.15, 0.2) is 0 Å². The first-order chi connectivity index (χ1) is 7.65. The topological polar surface area (TPSA) is 89.3 Å². The summed E-state index contributed by atoms with van der Waals surface area (Å²) in [6.45, 7) is 4.18. The maximum absolute atomic E-state index is 11.6. The summed E-state index contributed by atoms with van der Waals surface area (Å²) >= 11 is 0.